The van der Waals surface area contributed by atoms with Gasteiger partial charge in [-0.3, -0.25) is 4.79 Å². The van der Waals surface area contributed by atoms with Crippen LogP contribution in [0.25, 0.3) is 0 Å². The molecule has 0 radical (unpaired) electrons. The predicted octanol–water partition coefficient (Wildman–Crippen LogP) is 1.02. The van der Waals surface area contributed by atoms with Crippen molar-refractivity contribution in [1.29, 1.82) is 0 Å². The van der Waals surface area contributed by atoms with Crippen LogP contribution in [0.2, 0.25) is 0 Å². The SMILES string of the molecule is NCCCCC(=O)NCc1ccoc1. The normalized spacial score (nSPS) is 10.1. The third-order valence-electron chi connectivity index (χ3n) is 1.93. The maximum absolute atomic E-state index is 11.2. The average Bonchev–Trinajstić information content (AvgIpc) is 2.68. The topological polar surface area (TPSA) is 68.3 Å². The van der Waals surface area contributed by atoms with Gasteiger partial charge in [0.1, 0.15) is 0 Å². The lowest BCUT2D eigenvalue weighted by Gasteiger charge is -2.02. The predicted molar refractivity (Wildman–Crippen MR) is 53.5 cm³/mol. The average molecular weight is 196 g/mol. The molecular weight excluding hydrogens is 180 g/mol. The van der Waals surface area contributed by atoms with E-state index in [0.29, 0.717) is 19.5 Å². The molecule has 1 amide bonds. The van der Waals surface area contributed by atoms with Gasteiger partial charge >= 0.3 is 0 Å². The number of rotatable bonds is 6. The summed E-state index contributed by atoms with van der Waals surface area (Å²) in [7, 11) is 0. The van der Waals surface area contributed by atoms with E-state index in [0.717, 1.165) is 18.4 Å². The number of carbonyl (C=O) groups is 1. The molecule has 14 heavy (non-hydrogen) atoms. The van der Waals surface area contributed by atoms with Gasteiger partial charge in [-0.05, 0) is 25.5 Å². The van der Waals surface area contributed by atoms with Gasteiger partial charge in [-0.1, -0.05) is 0 Å². The van der Waals surface area contributed by atoms with Gasteiger partial charge in [0, 0.05) is 18.5 Å². The molecule has 0 spiro atoms. The molecule has 1 aromatic heterocycles. The lowest BCUT2D eigenvalue weighted by Crippen LogP contribution is -2.22. The van der Waals surface area contributed by atoms with E-state index in [1.54, 1.807) is 12.5 Å². The van der Waals surface area contributed by atoms with Crippen LogP contribution in [0.3, 0.4) is 0 Å². The second-order valence-electron chi connectivity index (χ2n) is 3.15. The second-order valence-corrected chi connectivity index (χ2v) is 3.15. The summed E-state index contributed by atoms with van der Waals surface area (Å²) in [4.78, 5) is 11.2. The molecule has 0 aliphatic rings. The molecule has 0 aliphatic carbocycles. The minimum Gasteiger partial charge on any atom is -0.472 e. The van der Waals surface area contributed by atoms with Crippen molar-refractivity contribution in [2.24, 2.45) is 5.73 Å². The second kappa shape index (κ2) is 6.21. The van der Waals surface area contributed by atoms with Gasteiger partial charge in [0.25, 0.3) is 0 Å². The van der Waals surface area contributed by atoms with Crippen molar-refractivity contribution in [2.75, 3.05) is 6.54 Å². The van der Waals surface area contributed by atoms with Crippen LogP contribution in [0.15, 0.2) is 23.0 Å². The zero-order valence-corrected chi connectivity index (χ0v) is 8.16. The fourth-order valence-electron chi connectivity index (χ4n) is 1.11. The van der Waals surface area contributed by atoms with Gasteiger partial charge in [0.05, 0.1) is 12.5 Å². The Morgan fingerprint density at radius 1 is 1.50 bits per heavy atom. The van der Waals surface area contributed by atoms with Crippen molar-refractivity contribution < 1.29 is 9.21 Å². The molecule has 0 saturated carbocycles. The highest BCUT2D eigenvalue weighted by atomic mass is 16.3. The van der Waals surface area contributed by atoms with Crippen molar-refractivity contribution in [3.8, 4) is 0 Å². The highest BCUT2D eigenvalue weighted by molar-refractivity contribution is 5.75. The molecule has 0 atom stereocenters. The summed E-state index contributed by atoms with van der Waals surface area (Å²) in [5, 5.41) is 2.80. The van der Waals surface area contributed by atoms with E-state index < -0.39 is 0 Å². The van der Waals surface area contributed by atoms with E-state index in [1.165, 1.54) is 0 Å². The minimum absolute atomic E-state index is 0.0691. The van der Waals surface area contributed by atoms with E-state index in [4.69, 9.17) is 10.2 Å². The van der Waals surface area contributed by atoms with Gasteiger partial charge in [-0.15, -0.1) is 0 Å². The Kier molecular flexibility index (Phi) is 4.78. The number of nitrogens with two attached hydrogens (primary N) is 1. The molecule has 1 heterocycles. The molecule has 0 unspecified atom stereocenters. The fourth-order valence-corrected chi connectivity index (χ4v) is 1.11. The first-order valence-electron chi connectivity index (χ1n) is 4.81. The van der Waals surface area contributed by atoms with Crippen LogP contribution in [-0.4, -0.2) is 12.5 Å². The minimum atomic E-state index is 0.0691. The zero-order chi connectivity index (χ0) is 10.2. The molecule has 4 nitrogen and oxygen atoms in total. The van der Waals surface area contributed by atoms with Crippen molar-refractivity contribution >= 4 is 5.91 Å². The van der Waals surface area contributed by atoms with Crippen LogP contribution in [0, 0.1) is 0 Å². The summed E-state index contributed by atoms with van der Waals surface area (Å²) >= 11 is 0. The van der Waals surface area contributed by atoms with Crippen molar-refractivity contribution in [1.82, 2.24) is 5.32 Å². The van der Waals surface area contributed by atoms with Gasteiger partial charge in [0.2, 0.25) is 5.91 Å². The fraction of sp³-hybridized carbons (Fsp3) is 0.500. The highest BCUT2D eigenvalue weighted by Crippen LogP contribution is 1.99. The summed E-state index contributed by atoms with van der Waals surface area (Å²) in [5.74, 6) is 0.0691. The molecule has 0 aromatic carbocycles. The lowest BCUT2D eigenvalue weighted by molar-refractivity contribution is -0.121. The Morgan fingerprint density at radius 2 is 2.36 bits per heavy atom. The lowest BCUT2D eigenvalue weighted by atomic mass is 10.2. The third kappa shape index (κ3) is 4.09. The molecule has 78 valence electrons. The molecule has 1 rings (SSSR count). The zero-order valence-electron chi connectivity index (χ0n) is 8.16. The highest BCUT2D eigenvalue weighted by Gasteiger charge is 2.00. The number of nitrogens with one attached hydrogen (secondary N) is 1. The number of unbranched alkanes of at least 4 members (excludes halogenated alkanes) is 1. The largest absolute Gasteiger partial charge is 0.472 e. The number of carbonyl (C=O) groups excluding carboxylic acids is 1. The Labute approximate surface area is 83.5 Å². The monoisotopic (exact) mass is 196 g/mol. The van der Waals surface area contributed by atoms with Crippen LogP contribution in [0.1, 0.15) is 24.8 Å². The number of hydrogen-bond donors (Lipinski definition) is 2. The Balaban J connectivity index is 2.09. The molecule has 1 aromatic rings. The van der Waals surface area contributed by atoms with E-state index in [-0.39, 0.29) is 5.91 Å². The maximum Gasteiger partial charge on any atom is 0.220 e. The van der Waals surface area contributed by atoms with Crippen molar-refractivity contribution in [3.63, 3.8) is 0 Å². The summed E-state index contributed by atoms with van der Waals surface area (Å²) in [5.41, 5.74) is 6.31. The van der Waals surface area contributed by atoms with Crippen molar-refractivity contribution in [2.45, 2.75) is 25.8 Å². The van der Waals surface area contributed by atoms with Crippen molar-refractivity contribution in [3.05, 3.63) is 24.2 Å². The van der Waals surface area contributed by atoms with Gasteiger partial charge in [-0.25, -0.2) is 0 Å². The molecular formula is C10H16N2O2. The summed E-state index contributed by atoms with van der Waals surface area (Å²) in [6.07, 6.45) is 5.53. The quantitative estimate of drug-likeness (QED) is 0.667. The first-order chi connectivity index (χ1) is 6.83. The Bertz CT molecular complexity index is 257. The van der Waals surface area contributed by atoms with Gasteiger partial charge in [0.15, 0.2) is 0 Å². The third-order valence-corrected chi connectivity index (χ3v) is 1.93. The van der Waals surface area contributed by atoms with Crippen LogP contribution in [0.5, 0.6) is 0 Å². The van der Waals surface area contributed by atoms with E-state index in [1.807, 2.05) is 6.07 Å². The molecule has 3 N–H and O–H groups in total. The summed E-state index contributed by atoms with van der Waals surface area (Å²) in [6.45, 7) is 1.19. The van der Waals surface area contributed by atoms with Gasteiger partial charge < -0.3 is 15.5 Å². The van der Waals surface area contributed by atoms with E-state index in [2.05, 4.69) is 5.32 Å². The number of furan rings is 1. The summed E-state index contributed by atoms with van der Waals surface area (Å²) in [6, 6.07) is 1.83. The molecule has 0 bridgehead atoms. The van der Waals surface area contributed by atoms with Crippen LogP contribution in [-0.2, 0) is 11.3 Å². The van der Waals surface area contributed by atoms with Crippen LogP contribution >= 0.6 is 0 Å². The molecule has 0 fully saturated rings. The van der Waals surface area contributed by atoms with E-state index in [9.17, 15) is 4.79 Å². The number of amides is 1. The Hall–Kier alpha value is -1.29. The summed E-state index contributed by atoms with van der Waals surface area (Å²) < 4.78 is 4.88. The standard InChI is InChI=1S/C10H16N2O2/c11-5-2-1-3-10(13)12-7-9-4-6-14-8-9/h4,6,8H,1-3,5,7,11H2,(H,12,13). The smallest absolute Gasteiger partial charge is 0.220 e. The first-order valence-corrected chi connectivity index (χ1v) is 4.81. The molecule has 4 heteroatoms. The Morgan fingerprint density at radius 3 is 3.00 bits per heavy atom. The van der Waals surface area contributed by atoms with Gasteiger partial charge in [-0.2, -0.15) is 0 Å². The molecule has 0 aliphatic heterocycles. The molecule has 0 saturated heterocycles. The number of hydrogen-bond acceptors (Lipinski definition) is 3. The maximum atomic E-state index is 11.2. The first kappa shape index (κ1) is 10.8. The van der Waals surface area contributed by atoms with Crippen LogP contribution < -0.4 is 11.1 Å². The van der Waals surface area contributed by atoms with E-state index >= 15 is 0 Å². The van der Waals surface area contributed by atoms with Crippen LogP contribution in [0.4, 0.5) is 0 Å².